The first-order valence-electron chi connectivity index (χ1n) is 7.31. The average molecular weight is 301 g/mol. The zero-order valence-corrected chi connectivity index (χ0v) is 12.6. The second-order valence-electron chi connectivity index (χ2n) is 5.44. The van der Waals surface area contributed by atoms with Crippen molar-refractivity contribution in [1.29, 1.82) is 0 Å². The zero-order chi connectivity index (χ0) is 15.8. The minimum Gasteiger partial charge on any atom is -0.382 e. The summed E-state index contributed by atoms with van der Waals surface area (Å²) in [5, 5.41) is 5.22. The van der Waals surface area contributed by atoms with Gasteiger partial charge in [0.25, 0.3) is 0 Å². The van der Waals surface area contributed by atoms with Crippen molar-refractivity contribution in [3.8, 4) is 22.3 Å². The van der Waals surface area contributed by atoms with E-state index in [0.29, 0.717) is 5.82 Å². The van der Waals surface area contributed by atoms with Crippen molar-refractivity contribution in [3.63, 3.8) is 0 Å². The number of fused-ring (bicyclic) bond motifs is 1. The highest BCUT2D eigenvalue weighted by Crippen LogP contribution is 2.30. The van der Waals surface area contributed by atoms with E-state index in [9.17, 15) is 0 Å². The van der Waals surface area contributed by atoms with Gasteiger partial charge < -0.3 is 5.73 Å². The van der Waals surface area contributed by atoms with E-state index >= 15 is 0 Å². The maximum absolute atomic E-state index is 5.92. The molecule has 0 aliphatic carbocycles. The zero-order valence-electron chi connectivity index (χ0n) is 12.6. The van der Waals surface area contributed by atoms with Gasteiger partial charge in [0.05, 0.1) is 6.20 Å². The highest BCUT2D eigenvalue weighted by atomic mass is 15.2. The van der Waals surface area contributed by atoms with E-state index in [0.717, 1.165) is 33.2 Å². The number of anilines is 1. The fourth-order valence-electron chi connectivity index (χ4n) is 2.73. The molecular formula is C18H15N5. The molecule has 1 aromatic carbocycles. The number of nitrogens with zero attached hydrogens (tertiary/aromatic N) is 4. The van der Waals surface area contributed by atoms with E-state index in [-0.39, 0.29) is 0 Å². The largest absolute Gasteiger partial charge is 0.382 e. The molecule has 0 saturated heterocycles. The van der Waals surface area contributed by atoms with Gasteiger partial charge >= 0.3 is 0 Å². The summed E-state index contributed by atoms with van der Waals surface area (Å²) >= 11 is 0. The van der Waals surface area contributed by atoms with Gasteiger partial charge in [-0.25, -0.2) is 4.98 Å². The molecule has 0 fully saturated rings. The average Bonchev–Trinajstić information content (AvgIpc) is 3.02. The monoisotopic (exact) mass is 301 g/mol. The van der Waals surface area contributed by atoms with Crippen LogP contribution in [0, 0.1) is 0 Å². The summed E-state index contributed by atoms with van der Waals surface area (Å²) in [5.41, 5.74) is 11.0. The number of aryl methyl sites for hydroxylation is 1. The number of hydrogen-bond acceptors (Lipinski definition) is 4. The van der Waals surface area contributed by atoms with Crippen LogP contribution in [0.2, 0.25) is 0 Å². The SMILES string of the molecule is Cn1cc(-c2ccc(-c3cnc(N)c4ncccc34)cc2)cn1. The summed E-state index contributed by atoms with van der Waals surface area (Å²) in [5.74, 6) is 0.455. The van der Waals surface area contributed by atoms with Gasteiger partial charge in [0.15, 0.2) is 0 Å². The summed E-state index contributed by atoms with van der Waals surface area (Å²) in [7, 11) is 1.91. The lowest BCUT2D eigenvalue weighted by Gasteiger charge is -2.08. The van der Waals surface area contributed by atoms with Crippen molar-refractivity contribution in [1.82, 2.24) is 19.7 Å². The lowest BCUT2D eigenvalue weighted by molar-refractivity contribution is 0.768. The third kappa shape index (κ3) is 2.32. The van der Waals surface area contributed by atoms with E-state index in [1.165, 1.54) is 0 Å². The van der Waals surface area contributed by atoms with Crippen molar-refractivity contribution in [2.24, 2.45) is 7.05 Å². The summed E-state index contributed by atoms with van der Waals surface area (Å²) in [6, 6.07) is 12.3. The smallest absolute Gasteiger partial charge is 0.149 e. The molecule has 0 aliphatic rings. The van der Waals surface area contributed by atoms with Crippen LogP contribution in [0.15, 0.2) is 61.2 Å². The van der Waals surface area contributed by atoms with Crippen LogP contribution in [0.3, 0.4) is 0 Å². The van der Waals surface area contributed by atoms with E-state index in [1.807, 2.05) is 31.6 Å². The Hall–Kier alpha value is -3.21. The number of pyridine rings is 2. The third-order valence-corrected chi connectivity index (χ3v) is 3.91. The van der Waals surface area contributed by atoms with Gasteiger partial charge in [-0.3, -0.25) is 9.67 Å². The van der Waals surface area contributed by atoms with E-state index in [1.54, 1.807) is 17.1 Å². The Kier molecular flexibility index (Phi) is 3.05. The molecule has 0 spiro atoms. The van der Waals surface area contributed by atoms with Crippen LogP contribution in [0.25, 0.3) is 33.2 Å². The minimum atomic E-state index is 0.455. The number of aromatic nitrogens is 4. The second kappa shape index (κ2) is 5.21. The Morgan fingerprint density at radius 1 is 0.913 bits per heavy atom. The summed E-state index contributed by atoms with van der Waals surface area (Å²) in [6.45, 7) is 0. The standard InChI is InChI=1S/C18H15N5/c1-23-11-14(9-22-23)12-4-6-13(7-5-12)16-10-21-18(19)17-15(16)3-2-8-20-17/h2-11H,1H3,(H2,19,21). The summed E-state index contributed by atoms with van der Waals surface area (Å²) in [6.07, 6.45) is 7.40. The van der Waals surface area contributed by atoms with Gasteiger partial charge in [0.1, 0.15) is 11.3 Å². The molecule has 0 amide bonds. The Balaban J connectivity index is 1.81. The van der Waals surface area contributed by atoms with Crippen molar-refractivity contribution >= 4 is 16.7 Å². The first-order chi connectivity index (χ1) is 11.2. The predicted molar refractivity (Wildman–Crippen MR) is 91.6 cm³/mol. The van der Waals surface area contributed by atoms with Gasteiger partial charge in [0.2, 0.25) is 0 Å². The molecule has 0 bridgehead atoms. The van der Waals surface area contributed by atoms with Crippen molar-refractivity contribution < 1.29 is 0 Å². The molecule has 5 nitrogen and oxygen atoms in total. The van der Waals surface area contributed by atoms with Crippen LogP contribution < -0.4 is 5.73 Å². The Bertz CT molecular complexity index is 986. The van der Waals surface area contributed by atoms with Crippen molar-refractivity contribution in [3.05, 3.63) is 61.2 Å². The number of nitrogens with two attached hydrogens (primary N) is 1. The van der Waals surface area contributed by atoms with Gasteiger partial charge in [-0.2, -0.15) is 5.10 Å². The summed E-state index contributed by atoms with van der Waals surface area (Å²) < 4.78 is 1.80. The van der Waals surface area contributed by atoms with Gasteiger partial charge in [-0.1, -0.05) is 30.3 Å². The van der Waals surface area contributed by atoms with Gasteiger partial charge in [0, 0.05) is 42.2 Å². The van der Waals surface area contributed by atoms with Crippen molar-refractivity contribution in [2.45, 2.75) is 0 Å². The fourth-order valence-corrected chi connectivity index (χ4v) is 2.73. The Labute approximate surface area is 133 Å². The molecule has 0 saturated carbocycles. The molecule has 2 N–H and O–H groups in total. The molecular weight excluding hydrogens is 286 g/mol. The van der Waals surface area contributed by atoms with Crippen LogP contribution in [-0.4, -0.2) is 19.7 Å². The highest BCUT2D eigenvalue weighted by molar-refractivity contribution is 5.98. The lowest BCUT2D eigenvalue weighted by atomic mass is 10.00. The minimum absolute atomic E-state index is 0.455. The van der Waals surface area contributed by atoms with E-state index in [2.05, 4.69) is 39.3 Å². The topological polar surface area (TPSA) is 69.6 Å². The van der Waals surface area contributed by atoms with Crippen LogP contribution in [0.1, 0.15) is 0 Å². The predicted octanol–water partition coefficient (Wildman–Crippen LogP) is 3.28. The number of benzene rings is 1. The molecule has 4 rings (SSSR count). The first kappa shape index (κ1) is 13.5. The van der Waals surface area contributed by atoms with Crippen LogP contribution >= 0.6 is 0 Å². The number of hydrogen-bond donors (Lipinski definition) is 1. The molecule has 4 aromatic rings. The molecule has 112 valence electrons. The van der Waals surface area contributed by atoms with E-state index in [4.69, 9.17) is 5.73 Å². The van der Waals surface area contributed by atoms with Crippen LogP contribution in [0.4, 0.5) is 5.82 Å². The molecule has 0 unspecified atom stereocenters. The molecule has 3 aromatic heterocycles. The van der Waals surface area contributed by atoms with Crippen LogP contribution in [-0.2, 0) is 7.05 Å². The Morgan fingerprint density at radius 3 is 2.43 bits per heavy atom. The van der Waals surface area contributed by atoms with E-state index < -0.39 is 0 Å². The van der Waals surface area contributed by atoms with Crippen LogP contribution in [0.5, 0.6) is 0 Å². The molecule has 3 heterocycles. The maximum atomic E-state index is 5.92. The fraction of sp³-hybridized carbons (Fsp3) is 0.0556. The first-order valence-corrected chi connectivity index (χ1v) is 7.31. The molecule has 23 heavy (non-hydrogen) atoms. The second-order valence-corrected chi connectivity index (χ2v) is 5.44. The normalized spacial score (nSPS) is 11.0. The molecule has 0 atom stereocenters. The van der Waals surface area contributed by atoms with Gasteiger partial charge in [-0.15, -0.1) is 0 Å². The molecule has 0 radical (unpaired) electrons. The third-order valence-electron chi connectivity index (χ3n) is 3.91. The maximum Gasteiger partial charge on any atom is 0.149 e. The number of rotatable bonds is 2. The highest BCUT2D eigenvalue weighted by Gasteiger charge is 2.08. The Morgan fingerprint density at radius 2 is 1.70 bits per heavy atom. The van der Waals surface area contributed by atoms with Crippen molar-refractivity contribution in [2.75, 3.05) is 5.73 Å². The van der Waals surface area contributed by atoms with Gasteiger partial charge in [-0.05, 0) is 17.2 Å². The molecule has 5 heteroatoms. The quantitative estimate of drug-likeness (QED) is 0.617. The lowest BCUT2D eigenvalue weighted by Crippen LogP contribution is -1.95. The number of nitrogen functional groups attached to an aromatic ring is 1. The summed E-state index contributed by atoms with van der Waals surface area (Å²) in [4.78, 5) is 8.61. The molecule has 0 aliphatic heterocycles.